The third-order valence-electron chi connectivity index (χ3n) is 12.6. The van der Waals surface area contributed by atoms with Gasteiger partial charge in [0.1, 0.15) is 23.8 Å². The van der Waals surface area contributed by atoms with Gasteiger partial charge in [-0.25, -0.2) is 4.98 Å². The fourth-order valence-electron chi connectivity index (χ4n) is 10.7. The van der Waals surface area contributed by atoms with Crippen LogP contribution in [0, 0.1) is 46.3 Å². The highest BCUT2D eigenvalue weighted by Gasteiger charge is 2.67. The van der Waals surface area contributed by atoms with Crippen molar-refractivity contribution in [3.05, 3.63) is 30.2 Å². The second-order valence-electron chi connectivity index (χ2n) is 14.9. The van der Waals surface area contributed by atoms with Crippen molar-refractivity contribution in [2.75, 3.05) is 0 Å². The highest BCUT2D eigenvalue weighted by Crippen LogP contribution is 2.69. The van der Waals surface area contributed by atoms with Gasteiger partial charge in [0.25, 0.3) is 0 Å². The maximum absolute atomic E-state index is 12.6. The Morgan fingerprint density at radius 2 is 1.66 bits per heavy atom. The standard InChI is InChI=1S/C36H49NO7/c1-20(11-14-33-37-29-9-7-8-10-30(29)44-33)26-12-13-27-34-28(19-32(36(26,27)6)43-23(4)40)35(5)16-15-25(41-21(2)38)17-24(35)18-31(34)42-22(3)39/h7-10,20,24-28,31-32,34H,11-19H2,1-6H3/t20?,24-,25+,26?,27?,28?,31+,32-,34?,35-,36+/m0/s1. The summed E-state index contributed by atoms with van der Waals surface area (Å²) in [5.41, 5.74) is 1.47. The Labute approximate surface area is 261 Å². The minimum atomic E-state index is -0.241. The number of benzene rings is 1. The molecule has 4 aliphatic rings. The monoisotopic (exact) mass is 607 g/mol. The van der Waals surface area contributed by atoms with Gasteiger partial charge in [0, 0.05) is 38.5 Å². The van der Waals surface area contributed by atoms with Gasteiger partial charge < -0.3 is 18.6 Å². The molecule has 0 spiro atoms. The van der Waals surface area contributed by atoms with Crippen molar-refractivity contribution in [2.45, 2.75) is 118 Å². The number of ether oxygens (including phenoxy) is 3. The Bertz CT molecular complexity index is 1370. The van der Waals surface area contributed by atoms with Crippen molar-refractivity contribution in [3.8, 4) is 0 Å². The number of hydrogen-bond acceptors (Lipinski definition) is 8. The summed E-state index contributed by atoms with van der Waals surface area (Å²) < 4.78 is 24.2. The molecule has 1 heterocycles. The summed E-state index contributed by atoms with van der Waals surface area (Å²) in [6, 6.07) is 7.88. The molecule has 5 unspecified atom stereocenters. The van der Waals surface area contributed by atoms with Crippen molar-refractivity contribution < 1.29 is 33.0 Å². The molecule has 1 aromatic heterocycles. The van der Waals surface area contributed by atoms with Crippen molar-refractivity contribution in [2.24, 2.45) is 46.3 Å². The lowest BCUT2D eigenvalue weighted by atomic mass is 9.43. The fraction of sp³-hybridized carbons (Fsp3) is 0.722. The van der Waals surface area contributed by atoms with Crippen LogP contribution in [-0.2, 0) is 35.0 Å². The third kappa shape index (κ3) is 5.44. The molecule has 6 rings (SSSR count). The number of rotatable bonds is 7. The van der Waals surface area contributed by atoms with Gasteiger partial charge in [0.05, 0.1) is 0 Å². The number of nitrogens with zero attached hydrogens (tertiary/aromatic N) is 1. The summed E-state index contributed by atoms with van der Waals surface area (Å²) in [5, 5.41) is 0. The van der Waals surface area contributed by atoms with E-state index in [-0.39, 0.29) is 70.7 Å². The largest absolute Gasteiger partial charge is 0.463 e. The second-order valence-corrected chi connectivity index (χ2v) is 14.9. The summed E-state index contributed by atoms with van der Waals surface area (Å²) in [7, 11) is 0. The Morgan fingerprint density at radius 1 is 0.932 bits per heavy atom. The first-order chi connectivity index (χ1) is 20.9. The first-order valence-corrected chi connectivity index (χ1v) is 16.8. The van der Waals surface area contributed by atoms with Gasteiger partial charge in [-0.1, -0.05) is 32.9 Å². The summed E-state index contributed by atoms with van der Waals surface area (Å²) in [6.07, 6.45) is 7.42. The quantitative estimate of drug-likeness (QED) is 0.243. The number of carbonyl (C=O) groups excluding carboxylic acids is 3. The molecule has 0 N–H and O–H groups in total. The van der Waals surface area contributed by atoms with Crippen LogP contribution in [0.5, 0.6) is 0 Å². The molecule has 0 saturated heterocycles. The van der Waals surface area contributed by atoms with E-state index < -0.39 is 0 Å². The highest BCUT2D eigenvalue weighted by atomic mass is 16.6. The minimum Gasteiger partial charge on any atom is -0.463 e. The molecule has 2 aromatic rings. The highest BCUT2D eigenvalue weighted by molar-refractivity contribution is 5.72. The molecule has 0 aliphatic heterocycles. The lowest BCUT2D eigenvalue weighted by Gasteiger charge is -2.64. The van der Waals surface area contributed by atoms with E-state index in [0.717, 1.165) is 74.8 Å². The Morgan fingerprint density at radius 3 is 2.36 bits per heavy atom. The molecule has 11 atom stereocenters. The predicted octanol–water partition coefficient (Wildman–Crippen LogP) is 7.07. The van der Waals surface area contributed by atoms with Crippen molar-refractivity contribution in [1.82, 2.24) is 4.98 Å². The van der Waals surface area contributed by atoms with Crippen molar-refractivity contribution in [1.29, 1.82) is 0 Å². The zero-order valence-corrected chi connectivity index (χ0v) is 27.2. The van der Waals surface area contributed by atoms with Crippen LogP contribution in [0.4, 0.5) is 0 Å². The van der Waals surface area contributed by atoms with Crippen LogP contribution in [0.15, 0.2) is 28.7 Å². The molecule has 0 amide bonds. The molecule has 44 heavy (non-hydrogen) atoms. The maximum Gasteiger partial charge on any atom is 0.302 e. The van der Waals surface area contributed by atoms with Crippen molar-refractivity contribution in [3.63, 3.8) is 0 Å². The van der Waals surface area contributed by atoms with Crippen molar-refractivity contribution >= 4 is 29.0 Å². The van der Waals surface area contributed by atoms with Gasteiger partial charge in [-0.3, -0.25) is 14.4 Å². The summed E-state index contributed by atoms with van der Waals surface area (Å²) in [5.74, 6) is 1.77. The summed E-state index contributed by atoms with van der Waals surface area (Å²) in [6.45, 7) is 11.6. The number of hydrogen-bond donors (Lipinski definition) is 0. The average Bonchev–Trinajstić information content (AvgIpc) is 3.53. The number of fused-ring (bicyclic) bond motifs is 6. The van der Waals surface area contributed by atoms with Crippen LogP contribution >= 0.6 is 0 Å². The second kappa shape index (κ2) is 11.8. The molecule has 240 valence electrons. The lowest BCUT2D eigenvalue weighted by Crippen LogP contribution is -2.63. The molecule has 8 heteroatoms. The fourth-order valence-corrected chi connectivity index (χ4v) is 10.7. The number of oxazole rings is 1. The van der Waals surface area contributed by atoms with Crippen LogP contribution in [0.25, 0.3) is 11.1 Å². The molecule has 4 saturated carbocycles. The topological polar surface area (TPSA) is 105 Å². The first-order valence-electron chi connectivity index (χ1n) is 16.8. The van der Waals surface area contributed by atoms with Gasteiger partial charge in [0.2, 0.25) is 0 Å². The minimum absolute atomic E-state index is 0.00560. The average molecular weight is 608 g/mol. The van der Waals surface area contributed by atoms with Gasteiger partial charge in [0.15, 0.2) is 11.5 Å². The summed E-state index contributed by atoms with van der Waals surface area (Å²) >= 11 is 0. The smallest absolute Gasteiger partial charge is 0.302 e. The van der Waals surface area contributed by atoms with Gasteiger partial charge in [-0.15, -0.1) is 0 Å². The first kappa shape index (κ1) is 31.1. The van der Waals surface area contributed by atoms with Crippen LogP contribution < -0.4 is 0 Å². The third-order valence-corrected chi connectivity index (χ3v) is 12.6. The number of para-hydroxylation sites is 2. The molecule has 1 aromatic carbocycles. The predicted molar refractivity (Wildman–Crippen MR) is 164 cm³/mol. The van der Waals surface area contributed by atoms with Gasteiger partial charge in [-0.2, -0.15) is 0 Å². The van der Waals surface area contributed by atoms with E-state index in [9.17, 15) is 14.4 Å². The normalized spacial score (nSPS) is 38.6. The number of aryl methyl sites for hydroxylation is 1. The Balaban J connectivity index is 1.29. The zero-order chi connectivity index (χ0) is 31.4. The molecular formula is C36H49NO7. The molecule has 8 nitrogen and oxygen atoms in total. The molecule has 4 aliphatic carbocycles. The Hall–Kier alpha value is -2.90. The number of esters is 3. The van der Waals surface area contributed by atoms with Crippen LogP contribution in [-0.4, -0.2) is 41.2 Å². The van der Waals surface area contributed by atoms with Crippen LogP contribution in [0.1, 0.15) is 98.8 Å². The van der Waals surface area contributed by atoms with E-state index in [1.54, 1.807) is 0 Å². The number of carbonyl (C=O) groups is 3. The van der Waals surface area contributed by atoms with Crippen LogP contribution in [0.3, 0.4) is 0 Å². The van der Waals surface area contributed by atoms with E-state index in [4.69, 9.17) is 23.6 Å². The number of aromatic nitrogens is 1. The zero-order valence-electron chi connectivity index (χ0n) is 27.2. The van der Waals surface area contributed by atoms with Crippen LogP contribution in [0.2, 0.25) is 0 Å². The maximum atomic E-state index is 12.6. The molecule has 0 bridgehead atoms. The van der Waals surface area contributed by atoms with E-state index in [1.165, 1.54) is 20.8 Å². The summed E-state index contributed by atoms with van der Waals surface area (Å²) in [4.78, 5) is 41.6. The van der Waals surface area contributed by atoms with Gasteiger partial charge in [-0.05, 0) is 98.5 Å². The van der Waals surface area contributed by atoms with E-state index in [0.29, 0.717) is 11.8 Å². The molecular weight excluding hydrogens is 558 g/mol. The van der Waals surface area contributed by atoms with Gasteiger partial charge >= 0.3 is 17.9 Å². The Kier molecular flexibility index (Phi) is 8.33. The SMILES string of the molecule is CC(=O)O[C@@H]1CC[C@]2(C)C3C[C@H](OC(C)=O)[C@]4(C)C(C(C)CCc5nc6ccccc6o5)CCC4C3[C@H](OC(C)=O)C[C@@H]2C1. The van der Waals surface area contributed by atoms with E-state index in [1.807, 2.05) is 24.3 Å². The molecule has 0 radical (unpaired) electrons. The van der Waals surface area contributed by atoms with E-state index in [2.05, 4.69) is 20.8 Å². The lowest BCUT2D eigenvalue weighted by molar-refractivity contribution is -0.224. The molecule has 4 fully saturated rings. The van der Waals surface area contributed by atoms with E-state index >= 15 is 0 Å².